The van der Waals surface area contributed by atoms with E-state index in [-0.39, 0.29) is 0 Å². The van der Waals surface area contributed by atoms with Crippen molar-refractivity contribution in [1.29, 1.82) is 0 Å². The van der Waals surface area contributed by atoms with Gasteiger partial charge in [-0.05, 0) is 35.5 Å². The van der Waals surface area contributed by atoms with Crippen LogP contribution in [0.2, 0.25) is 0 Å². The van der Waals surface area contributed by atoms with Gasteiger partial charge in [-0.2, -0.15) is 24.9 Å². The largest absolute Gasteiger partial charge is 0.416 e. The van der Waals surface area contributed by atoms with Crippen LogP contribution in [0.3, 0.4) is 0 Å². The summed E-state index contributed by atoms with van der Waals surface area (Å²) in [6, 6.07) is 5.49. The molecule has 0 amide bonds. The van der Waals surface area contributed by atoms with E-state index in [1.54, 1.807) is 6.07 Å². The molecular weight excluding hydrogens is 221 g/mol. The topological polar surface area (TPSA) is 0 Å². The molecule has 4 heteroatoms. The summed E-state index contributed by atoms with van der Waals surface area (Å²) in [5, 5.41) is 0. The van der Waals surface area contributed by atoms with Crippen molar-refractivity contribution in [3.63, 3.8) is 0 Å². The molecule has 0 bridgehead atoms. The fourth-order valence-corrected chi connectivity index (χ4v) is 2.14. The summed E-state index contributed by atoms with van der Waals surface area (Å²) < 4.78 is 37.1. The van der Waals surface area contributed by atoms with Gasteiger partial charge in [-0.15, -0.1) is 0 Å². The van der Waals surface area contributed by atoms with Crippen molar-refractivity contribution < 1.29 is 13.2 Å². The molecule has 0 aliphatic carbocycles. The number of hydrogen-bond donors (Lipinski definition) is 0. The van der Waals surface area contributed by atoms with Gasteiger partial charge in [0.2, 0.25) is 0 Å². The average molecular weight is 231 g/mol. The van der Waals surface area contributed by atoms with Crippen LogP contribution < -0.4 is 0 Å². The SMILES string of the molecule is FC(F)(F)c1cccc([CH]C2CSC2)c1. The number of halogens is 3. The molecule has 1 saturated heterocycles. The van der Waals surface area contributed by atoms with Crippen molar-refractivity contribution in [2.45, 2.75) is 6.18 Å². The summed E-state index contributed by atoms with van der Waals surface area (Å²) in [7, 11) is 0. The van der Waals surface area contributed by atoms with Gasteiger partial charge in [0.05, 0.1) is 5.56 Å². The second-order valence-corrected chi connectivity index (χ2v) is 4.66. The second-order valence-electron chi connectivity index (χ2n) is 3.59. The van der Waals surface area contributed by atoms with Gasteiger partial charge in [0.1, 0.15) is 0 Å². The Morgan fingerprint density at radius 3 is 2.53 bits per heavy atom. The molecule has 0 atom stereocenters. The third kappa shape index (κ3) is 2.68. The number of rotatable bonds is 2. The fraction of sp³-hybridized carbons (Fsp3) is 0.364. The maximum Gasteiger partial charge on any atom is 0.416 e. The molecule has 1 fully saturated rings. The van der Waals surface area contributed by atoms with Crippen LogP contribution in [0, 0.1) is 12.3 Å². The fourth-order valence-electron chi connectivity index (χ4n) is 1.44. The van der Waals surface area contributed by atoms with Crippen LogP contribution in [0.15, 0.2) is 24.3 Å². The monoisotopic (exact) mass is 231 g/mol. The van der Waals surface area contributed by atoms with E-state index in [4.69, 9.17) is 0 Å². The Morgan fingerprint density at radius 1 is 1.27 bits per heavy atom. The highest BCUT2D eigenvalue weighted by Crippen LogP contribution is 2.33. The average Bonchev–Trinajstić information content (AvgIpc) is 2.11. The van der Waals surface area contributed by atoms with Crippen molar-refractivity contribution in [2.24, 2.45) is 5.92 Å². The molecule has 0 N–H and O–H groups in total. The van der Waals surface area contributed by atoms with Crippen molar-refractivity contribution in [3.05, 3.63) is 41.8 Å². The summed E-state index contributed by atoms with van der Waals surface area (Å²) in [5.41, 5.74) is 0.110. The molecule has 81 valence electrons. The summed E-state index contributed by atoms with van der Waals surface area (Å²) in [4.78, 5) is 0. The van der Waals surface area contributed by atoms with E-state index >= 15 is 0 Å². The van der Waals surface area contributed by atoms with E-state index in [0.29, 0.717) is 11.5 Å². The highest BCUT2D eigenvalue weighted by molar-refractivity contribution is 8.00. The molecule has 2 rings (SSSR count). The maximum atomic E-state index is 12.4. The van der Waals surface area contributed by atoms with Gasteiger partial charge in [0.25, 0.3) is 0 Å². The first-order chi connectivity index (χ1) is 7.05. The smallest absolute Gasteiger partial charge is 0.166 e. The number of hydrogen-bond acceptors (Lipinski definition) is 1. The van der Waals surface area contributed by atoms with Gasteiger partial charge in [-0.3, -0.25) is 0 Å². The predicted octanol–water partition coefficient (Wildman–Crippen LogP) is 3.62. The minimum Gasteiger partial charge on any atom is -0.166 e. The molecule has 1 aliphatic heterocycles. The van der Waals surface area contributed by atoms with Crippen LogP contribution in [0.1, 0.15) is 11.1 Å². The lowest BCUT2D eigenvalue weighted by molar-refractivity contribution is -0.137. The van der Waals surface area contributed by atoms with E-state index in [1.807, 2.05) is 18.2 Å². The Morgan fingerprint density at radius 2 is 2.00 bits per heavy atom. The molecule has 1 radical (unpaired) electrons. The highest BCUT2D eigenvalue weighted by Gasteiger charge is 2.30. The Bertz CT molecular complexity index is 342. The molecule has 15 heavy (non-hydrogen) atoms. The quantitative estimate of drug-likeness (QED) is 0.749. The summed E-state index contributed by atoms with van der Waals surface area (Å²) >= 11 is 1.82. The Balaban J connectivity index is 2.11. The number of benzene rings is 1. The van der Waals surface area contributed by atoms with Gasteiger partial charge in [-0.25, -0.2) is 0 Å². The van der Waals surface area contributed by atoms with E-state index in [9.17, 15) is 13.2 Å². The van der Waals surface area contributed by atoms with Crippen molar-refractivity contribution in [1.82, 2.24) is 0 Å². The molecule has 0 saturated carbocycles. The molecule has 1 aromatic rings. The third-order valence-electron chi connectivity index (χ3n) is 2.31. The lowest BCUT2D eigenvalue weighted by Gasteiger charge is -2.24. The molecule has 0 unspecified atom stereocenters. The summed E-state index contributed by atoms with van der Waals surface area (Å²) in [5.74, 6) is 2.49. The molecule has 1 aliphatic rings. The minimum atomic E-state index is -4.24. The van der Waals surface area contributed by atoms with Gasteiger partial charge in [0.15, 0.2) is 0 Å². The van der Waals surface area contributed by atoms with Crippen LogP contribution in [0.25, 0.3) is 0 Å². The van der Waals surface area contributed by atoms with E-state index in [0.717, 1.165) is 17.6 Å². The normalized spacial score (nSPS) is 17.5. The zero-order valence-corrected chi connectivity index (χ0v) is 8.74. The second kappa shape index (κ2) is 4.08. The molecule has 1 aromatic carbocycles. The molecule has 0 nitrogen and oxygen atoms in total. The van der Waals surface area contributed by atoms with Crippen molar-refractivity contribution in [2.75, 3.05) is 11.5 Å². The lowest BCUT2D eigenvalue weighted by atomic mass is 10.00. The Hall–Kier alpha value is -0.640. The first-order valence-corrected chi connectivity index (χ1v) is 5.81. The van der Waals surface area contributed by atoms with Gasteiger partial charge in [-0.1, -0.05) is 18.2 Å². The van der Waals surface area contributed by atoms with E-state index in [1.165, 1.54) is 12.1 Å². The van der Waals surface area contributed by atoms with Gasteiger partial charge >= 0.3 is 6.18 Å². The maximum absolute atomic E-state index is 12.4. The number of thioether (sulfide) groups is 1. The minimum absolute atomic E-state index is 0.443. The summed E-state index contributed by atoms with van der Waals surface area (Å²) in [6.07, 6.45) is -2.32. The van der Waals surface area contributed by atoms with Gasteiger partial charge < -0.3 is 0 Å². The zero-order valence-electron chi connectivity index (χ0n) is 7.92. The summed E-state index contributed by atoms with van der Waals surface area (Å²) in [6.45, 7) is 0. The first kappa shape index (κ1) is 10.9. The van der Waals surface area contributed by atoms with Crippen LogP contribution in [-0.4, -0.2) is 11.5 Å². The molecule has 1 heterocycles. The highest BCUT2D eigenvalue weighted by atomic mass is 32.2. The van der Waals surface area contributed by atoms with E-state index in [2.05, 4.69) is 0 Å². The van der Waals surface area contributed by atoms with Crippen LogP contribution >= 0.6 is 11.8 Å². The first-order valence-electron chi connectivity index (χ1n) is 4.65. The van der Waals surface area contributed by atoms with Crippen LogP contribution in [0.4, 0.5) is 13.2 Å². The lowest BCUT2D eigenvalue weighted by Crippen LogP contribution is -2.18. The Kier molecular flexibility index (Phi) is 2.96. The third-order valence-corrected chi connectivity index (χ3v) is 3.63. The van der Waals surface area contributed by atoms with Gasteiger partial charge in [0, 0.05) is 0 Å². The van der Waals surface area contributed by atoms with Crippen molar-refractivity contribution >= 4 is 11.8 Å². The molecule has 0 spiro atoms. The van der Waals surface area contributed by atoms with Crippen LogP contribution in [-0.2, 0) is 6.18 Å². The van der Waals surface area contributed by atoms with E-state index < -0.39 is 11.7 Å². The standard InChI is InChI=1S/C11H10F3S/c12-11(13,14)10-3-1-2-8(5-10)4-9-6-15-7-9/h1-5,9H,6-7H2. The van der Waals surface area contributed by atoms with Crippen molar-refractivity contribution in [3.8, 4) is 0 Å². The number of alkyl halides is 3. The Labute approximate surface area is 90.9 Å². The zero-order chi connectivity index (χ0) is 10.9. The molecular formula is C11H10F3S. The van der Waals surface area contributed by atoms with Crippen LogP contribution in [0.5, 0.6) is 0 Å². The molecule has 0 aromatic heterocycles. The predicted molar refractivity (Wildman–Crippen MR) is 55.7 cm³/mol.